The number of alkyl halides is 3. The van der Waals surface area contributed by atoms with Gasteiger partial charge >= 0.3 is 23.7 Å². The topological polar surface area (TPSA) is 103 Å². The standard InChI is InChI=1S/C18H11F3O7/c1-26-15(23)11-9-7-5-3-4-6-8(7)28-17(25)10(9)13(18(19,20)21)12(14(11)22)16(24)27-2/h3-6,22H,1-2H3. The maximum Gasteiger partial charge on any atom is 0.418 e. The summed E-state index contributed by atoms with van der Waals surface area (Å²) in [6.07, 6.45) is -5.26. The number of halogens is 3. The van der Waals surface area contributed by atoms with Crippen LogP contribution in [0.2, 0.25) is 0 Å². The molecular weight excluding hydrogens is 385 g/mol. The second-order valence-electron chi connectivity index (χ2n) is 5.59. The van der Waals surface area contributed by atoms with Gasteiger partial charge in [-0.1, -0.05) is 18.2 Å². The number of carbonyl (C=O) groups excluding carboxylic acids is 2. The fourth-order valence-electron chi connectivity index (χ4n) is 3.01. The smallest absolute Gasteiger partial charge is 0.418 e. The second-order valence-corrected chi connectivity index (χ2v) is 5.59. The van der Waals surface area contributed by atoms with Gasteiger partial charge in [-0.2, -0.15) is 13.2 Å². The van der Waals surface area contributed by atoms with Gasteiger partial charge in [-0.25, -0.2) is 14.4 Å². The summed E-state index contributed by atoms with van der Waals surface area (Å²) in [6, 6.07) is 5.49. The Morgan fingerprint density at radius 1 is 1.00 bits per heavy atom. The van der Waals surface area contributed by atoms with E-state index in [1.165, 1.54) is 24.3 Å². The molecule has 1 N–H and O–H groups in total. The van der Waals surface area contributed by atoms with Crippen molar-refractivity contribution in [3.63, 3.8) is 0 Å². The number of hydrogen-bond donors (Lipinski definition) is 1. The largest absolute Gasteiger partial charge is 0.506 e. The fraction of sp³-hybridized carbons (Fsp3) is 0.167. The Bertz CT molecular complexity index is 1190. The van der Waals surface area contributed by atoms with Gasteiger partial charge in [0.25, 0.3) is 0 Å². The number of esters is 2. The number of ether oxygens (including phenoxy) is 2. The quantitative estimate of drug-likeness (QED) is 0.403. The predicted molar refractivity (Wildman–Crippen MR) is 89.3 cm³/mol. The van der Waals surface area contributed by atoms with E-state index in [-0.39, 0.29) is 11.0 Å². The number of fused-ring (bicyclic) bond motifs is 3. The average molecular weight is 396 g/mol. The van der Waals surface area contributed by atoms with Crippen LogP contribution in [0.25, 0.3) is 21.7 Å². The van der Waals surface area contributed by atoms with E-state index in [1.54, 1.807) is 0 Å². The molecule has 0 radical (unpaired) electrons. The van der Waals surface area contributed by atoms with Crippen molar-refractivity contribution in [1.82, 2.24) is 0 Å². The molecular formula is C18H11F3O7. The van der Waals surface area contributed by atoms with Gasteiger partial charge < -0.3 is 19.0 Å². The summed E-state index contributed by atoms with van der Waals surface area (Å²) < 4.78 is 55.3. The molecule has 3 aromatic rings. The summed E-state index contributed by atoms with van der Waals surface area (Å²) in [6.45, 7) is 0. The molecule has 10 heteroatoms. The minimum atomic E-state index is -5.26. The monoisotopic (exact) mass is 396 g/mol. The van der Waals surface area contributed by atoms with Crippen LogP contribution in [0.1, 0.15) is 26.3 Å². The van der Waals surface area contributed by atoms with Crippen LogP contribution in [0.5, 0.6) is 5.75 Å². The zero-order valence-electron chi connectivity index (χ0n) is 14.3. The minimum Gasteiger partial charge on any atom is -0.506 e. The molecule has 0 saturated heterocycles. The molecule has 0 aliphatic rings. The van der Waals surface area contributed by atoms with Gasteiger partial charge in [0.05, 0.1) is 25.2 Å². The van der Waals surface area contributed by atoms with Gasteiger partial charge in [-0.15, -0.1) is 0 Å². The first-order valence-corrected chi connectivity index (χ1v) is 7.61. The summed E-state index contributed by atoms with van der Waals surface area (Å²) in [5.41, 5.74) is -5.50. The molecule has 0 atom stereocenters. The highest BCUT2D eigenvalue weighted by Gasteiger charge is 2.43. The number of benzene rings is 2. The number of rotatable bonds is 2. The molecule has 1 aromatic heterocycles. The number of phenolic OH excluding ortho intramolecular Hbond substituents is 1. The van der Waals surface area contributed by atoms with Crippen LogP contribution < -0.4 is 5.63 Å². The average Bonchev–Trinajstić information content (AvgIpc) is 2.65. The molecule has 1 heterocycles. The summed E-state index contributed by atoms with van der Waals surface area (Å²) in [5, 5.41) is 8.75. The molecule has 0 aliphatic heterocycles. The zero-order valence-corrected chi connectivity index (χ0v) is 14.3. The normalized spacial score (nSPS) is 11.6. The van der Waals surface area contributed by atoms with Crippen LogP contribution in [-0.2, 0) is 15.7 Å². The fourth-order valence-corrected chi connectivity index (χ4v) is 3.01. The van der Waals surface area contributed by atoms with Crippen LogP contribution in [0.4, 0.5) is 13.2 Å². The van der Waals surface area contributed by atoms with E-state index in [0.29, 0.717) is 0 Å². The first-order chi connectivity index (χ1) is 13.1. The highest BCUT2D eigenvalue weighted by molar-refractivity contribution is 6.20. The van der Waals surface area contributed by atoms with Crippen molar-refractivity contribution in [2.75, 3.05) is 14.2 Å². The molecule has 0 unspecified atom stereocenters. The van der Waals surface area contributed by atoms with Crippen molar-refractivity contribution in [3.8, 4) is 5.75 Å². The number of carbonyl (C=O) groups is 2. The number of phenols is 1. The van der Waals surface area contributed by atoms with Crippen LogP contribution in [-0.4, -0.2) is 31.3 Å². The molecule has 0 amide bonds. The number of aromatic hydroxyl groups is 1. The Morgan fingerprint density at radius 3 is 2.14 bits per heavy atom. The summed E-state index contributed by atoms with van der Waals surface area (Å²) in [4.78, 5) is 36.7. The Hall–Kier alpha value is -3.56. The maximum atomic E-state index is 13.8. The van der Waals surface area contributed by atoms with Crippen LogP contribution in [0.15, 0.2) is 33.5 Å². The Labute approximate surface area is 153 Å². The predicted octanol–water partition coefficient (Wildman–Crippen LogP) is 3.24. The van der Waals surface area contributed by atoms with Crippen molar-refractivity contribution in [3.05, 3.63) is 51.4 Å². The van der Waals surface area contributed by atoms with Gasteiger partial charge in [0.15, 0.2) is 0 Å². The molecule has 0 fully saturated rings. The number of hydrogen-bond acceptors (Lipinski definition) is 7. The van der Waals surface area contributed by atoms with Crippen molar-refractivity contribution in [2.45, 2.75) is 6.18 Å². The molecule has 0 aliphatic carbocycles. The third-order valence-electron chi connectivity index (χ3n) is 4.10. The number of methoxy groups -OCH3 is 2. The van der Waals surface area contributed by atoms with Crippen LogP contribution >= 0.6 is 0 Å². The lowest BCUT2D eigenvalue weighted by Gasteiger charge is -2.18. The highest BCUT2D eigenvalue weighted by Crippen LogP contribution is 2.44. The van der Waals surface area contributed by atoms with Crippen LogP contribution in [0.3, 0.4) is 0 Å². The van der Waals surface area contributed by atoms with Crippen LogP contribution in [0, 0.1) is 0 Å². The zero-order chi connectivity index (χ0) is 20.8. The Balaban J connectivity index is 2.79. The molecule has 0 spiro atoms. The Kier molecular flexibility index (Phi) is 4.50. The lowest BCUT2D eigenvalue weighted by atomic mass is 9.91. The second kappa shape index (κ2) is 6.55. The van der Waals surface area contributed by atoms with E-state index in [0.717, 1.165) is 14.2 Å². The van der Waals surface area contributed by atoms with Crippen molar-refractivity contribution in [1.29, 1.82) is 0 Å². The van der Waals surface area contributed by atoms with E-state index in [2.05, 4.69) is 9.47 Å². The van der Waals surface area contributed by atoms with Crippen molar-refractivity contribution in [2.24, 2.45) is 0 Å². The third kappa shape index (κ3) is 2.73. The molecule has 0 bridgehead atoms. The minimum absolute atomic E-state index is 0.0604. The molecule has 3 rings (SSSR count). The van der Waals surface area contributed by atoms with E-state index in [9.17, 15) is 32.7 Å². The van der Waals surface area contributed by atoms with Crippen molar-refractivity contribution < 1.29 is 41.8 Å². The summed E-state index contributed by atoms with van der Waals surface area (Å²) >= 11 is 0. The Morgan fingerprint density at radius 2 is 1.57 bits per heavy atom. The molecule has 2 aromatic carbocycles. The van der Waals surface area contributed by atoms with Gasteiger partial charge in [-0.3, -0.25) is 0 Å². The van der Waals surface area contributed by atoms with E-state index < -0.39 is 57.0 Å². The van der Waals surface area contributed by atoms with Gasteiger partial charge in [0, 0.05) is 10.8 Å². The van der Waals surface area contributed by atoms with E-state index >= 15 is 0 Å². The molecule has 7 nitrogen and oxygen atoms in total. The maximum absolute atomic E-state index is 13.8. The SMILES string of the molecule is COC(=O)c1c(O)c(C(=O)OC)c2c(c1C(F)(F)F)c(=O)oc1ccccc12. The molecule has 0 saturated carbocycles. The van der Waals surface area contributed by atoms with E-state index in [1.807, 2.05) is 0 Å². The van der Waals surface area contributed by atoms with Crippen molar-refractivity contribution >= 4 is 33.7 Å². The lowest BCUT2D eigenvalue weighted by Crippen LogP contribution is -2.21. The third-order valence-corrected chi connectivity index (χ3v) is 4.10. The van der Waals surface area contributed by atoms with Gasteiger partial charge in [0.1, 0.15) is 22.5 Å². The van der Waals surface area contributed by atoms with Gasteiger partial charge in [-0.05, 0) is 6.07 Å². The summed E-state index contributed by atoms with van der Waals surface area (Å²) in [5.74, 6) is -4.16. The highest BCUT2D eigenvalue weighted by atomic mass is 19.4. The summed E-state index contributed by atoms with van der Waals surface area (Å²) in [7, 11) is 1.71. The van der Waals surface area contributed by atoms with Gasteiger partial charge in [0.2, 0.25) is 0 Å². The number of para-hydroxylation sites is 1. The first-order valence-electron chi connectivity index (χ1n) is 7.61. The first kappa shape index (κ1) is 19.2. The lowest BCUT2D eigenvalue weighted by molar-refractivity contribution is -0.137. The van der Waals surface area contributed by atoms with E-state index in [4.69, 9.17) is 4.42 Å². The molecule has 28 heavy (non-hydrogen) atoms. The molecule has 146 valence electrons.